The highest BCUT2D eigenvalue weighted by Gasteiger charge is 2.71. The molecule has 1 unspecified atom stereocenters. The predicted octanol–water partition coefficient (Wildman–Crippen LogP) is 1.50. The second kappa shape index (κ2) is 14.7. The summed E-state index contributed by atoms with van der Waals surface area (Å²) in [6, 6.07) is 0. The van der Waals surface area contributed by atoms with Crippen molar-refractivity contribution in [2.24, 2.45) is 46.2 Å². The SMILES string of the molecule is C[C@@H]1[C@H]([C@@H](O)[C@](C)(O)[C@H]2CC[C@@]3(O)C4=C(NC[C@H](C)O)C(=O)[C@@H]5C[C@@H](O)[C@@H](O)C[C@]5(CCC5=C(CCCO)NC(N)C=C5)[C@H]4CC[C@]23C)OC[C@H]1C. The molecule has 1 saturated heterocycles. The number of allylic oxidation sites excluding steroid dienone is 4. The lowest BCUT2D eigenvalue weighted by Crippen LogP contribution is -2.65. The molecule has 0 radical (unpaired) electrons. The van der Waals surface area contributed by atoms with E-state index in [2.05, 4.69) is 17.6 Å². The Balaban J connectivity index is 1.43. The number of ketones is 1. The molecule has 12 nitrogen and oxygen atoms in total. The summed E-state index contributed by atoms with van der Waals surface area (Å²) in [7, 11) is 0. The van der Waals surface area contributed by atoms with Gasteiger partial charge in [0.15, 0.2) is 5.78 Å². The minimum absolute atomic E-state index is 0.0363. The fourth-order valence-electron chi connectivity index (χ4n) is 11.6. The second-order valence-electron chi connectivity index (χ2n) is 17.9. The number of nitrogens with one attached hydrogen (secondary N) is 2. The number of dihydropyridines is 1. The molecule has 294 valence electrons. The van der Waals surface area contributed by atoms with E-state index < -0.39 is 64.4 Å². The van der Waals surface area contributed by atoms with Gasteiger partial charge in [0.1, 0.15) is 6.10 Å². The quantitative estimate of drug-likeness (QED) is 0.138. The van der Waals surface area contributed by atoms with Crippen LogP contribution in [0.2, 0.25) is 0 Å². The molecular weight excluding hydrogens is 666 g/mol. The highest BCUT2D eigenvalue weighted by molar-refractivity contribution is 6.00. The van der Waals surface area contributed by atoms with Crippen LogP contribution in [0.5, 0.6) is 0 Å². The third kappa shape index (κ3) is 6.41. The van der Waals surface area contributed by atoms with Crippen LogP contribution in [-0.4, -0.2) is 109 Å². The fourth-order valence-corrected chi connectivity index (χ4v) is 11.6. The molecular formula is C40H65N3O9. The Bertz CT molecular complexity index is 1450. The maximum absolute atomic E-state index is 15.0. The smallest absolute Gasteiger partial charge is 0.182 e. The zero-order valence-corrected chi connectivity index (χ0v) is 31.7. The zero-order chi connectivity index (χ0) is 38.0. The van der Waals surface area contributed by atoms with Crippen LogP contribution in [0.25, 0.3) is 0 Å². The molecule has 0 aromatic carbocycles. The average Bonchev–Trinajstić information content (AvgIpc) is 3.58. The van der Waals surface area contributed by atoms with Crippen molar-refractivity contribution < 1.29 is 45.3 Å². The summed E-state index contributed by atoms with van der Waals surface area (Å²) in [6.07, 6.45) is 3.12. The van der Waals surface area contributed by atoms with Crippen LogP contribution in [0.1, 0.15) is 98.8 Å². The van der Waals surface area contributed by atoms with Crippen molar-refractivity contribution in [1.82, 2.24) is 10.6 Å². The van der Waals surface area contributed by atoms with Crippen LogP contribution in [0.3, 0.4) is 0 Å². The van der Waals surface area contributed by atoms with E-state index >= 15 is 0 Å². The monoisotopic (exact) mass is 731 g/mol. The van der Waals surface area contributed by atoms with E-state index in [4.69, 9.17) is 10.5 Å². The number of aliphatic hydroxyl groups excluding tert-OH is 5. The molecule has 0 bridgehead atoms. The van der Waals surface area contributed by atoms with E-state index in [1.165, 1.54) is 0 Å². The lowest BCUT2D eigenvalue weighted by atomic mass is 9.43. The molecule has 4 aliphatic carbocycles. The molecule has 0 spiro atoms. The minimum Gasteiger partial charge on any atom is -0.396 e. The molecule has 15 atom stereocenters. The first-order chi connectivity index (χ1) is 24.4. The van der Waals surface area contributed by atoms with E-state index in [0.29, 0.717) is 57.1 Å². The van der Waals surface area contributed by atoms with Crippen molar-refractivity contribution >= 4 is 5.78 Å². The number of rotatable bonds is 12. The van der Waals surface area contributed by atoms with Crippen LogP contribution in [0.4, 0.5) is 0 Å². The number of carbonyl (C=O) groups excluding carboxylic acids is 1. The Kier molecular flexibility index (Phi) is 11.2. The fraction of sp³-hybridized carbons (Fsp3) is 0.825. The Morgan fingerprint density at radius 1 is 1.13 bits per heavy atom. The number of aliphatic hydroxyl groups is 7. The predicted molar refractivity (Wildman–Crippen MR) is 195 cm³/mol. The number of Topliss-reactive ketones (excluding diaryl/α,β-unsaturated/α-hetero) is 1. The second-order valence-corrected chi connectivity index (χ2v) is 17.9. The number of ether oxygens (including phenoxy) is 1. The van der Waals surface area contributed by atoms with Crippen LogP contribution < -0.4 is 16.4 Å². The first-order valence-corrected chi connectivity index (χ1v) is 19.8. The number of hydrogen-bond acceptors (Lipinski definition) is 12. The van der Waals surface area contributed by atoms with Crippen molar-refractivity contribution in [2.75, 3.05) is 19.8 Å². The Morgan fingerprint density at radius 3 is 2.52 bits per heavy atom. The van der Waals surface area contributed by atoms with Gasteiger partial charge in [0.25, 0.3) is 0 Å². The van der Waals surface area contributed by atoms with E-state index in [1.54, 1.807) is 13.8 Å². The van der Waals surface area contributed by atoms with E-state index in [9.17, 15) is 40.5 Å². The molecule has 0 aromatic heterocycles. The molecule has 12 heteroatoms. The Hall–Kier alpha value is -1.87. The molecule has 6 rings (SSSR count). The summed E-state index contributed by atoms with van der Waals surface area (Å²) in [5.74, 6) is -1.48. The number of nitrogens with two attached hydrogens (primary N) is 1. The van der Waals surface area contributed by atoms with Gasteiger partial charge in [-0.15, -0.1) is 0 Å². The van der Waals surface area contributed by atoms with Gasteiger partial charge in [0.05, 0.1) is 47.5 Å². The largest absolute Gasteiger partial charge is 0.396 e. The van der Waals surface area contributed by atoms with Gasteiger partial charge in [-0.1, -0.05) is 26.8 Å². The minimum atomic E-state index is -1.61. The van der Waals surface area contributed by atoms with Crippen molar-refractivity contribution in [3.8, 4) is 0 Å². The van der Waals surface area contributed by atoms with Gasteiger partial charge in [-0.05, 0) is 124 Å². The molecule has 0 amide bonds. The maximum atomic E-state index is 15.0. The van der Waals surface area contributed by atoms with E-state index in [1.807, 2.05) is 26.0 Å². The topological polar surface area (TPSA) is 218 Å². The van der Waals surface area contributed by atoms with Crippen molar-refractivity contribution in [2.45, 2.75) is 147 Å². The molecule has 3 saturated carbocycles. The van der Waals surface area contributed by atoms with Gasteiger partial charge in [-0.25, -0.2) is 0 Å². The van der Waals surface area contributed by atoms with Crippen molar-refractivity contribution in [3.05, 3.63) is 34.7 Å². The molecule has 4 fully saturated rings. The number of fused-ring (bicyclic) bond motifs is 5. The first-order valence-electron chi connectivity index (χ1n) is 19.8. The lowest BCUT2D eigenvalue weighted by molar-refractivity contribution is -0.196. The normalized spacial score (nSPS) is 44.1. The van der Waals surface area contributed by atoms with Crippen LogP contribution in [0, 0.1) is 40.4 Å². The first kappa shape index (κ1) is 39.8. The molecule has 11 N–H and O–H groups in total. The van der Waals surface area contributed by atoms with Crippen molar-refractivity contribution in [1.29, 1.82) is 0 Å². The highest BCUT2D eigenvalue weighted by atomic mass is 16.5. The Labute approximate surface area is 308 Å². The van der Waals surface area contributed by atoms with E-state index in [0.717, 1.165) is 11.3 Å². The van der Waals surface area contributed by atoms with Gasteiger partial charge in [-0.2, -0.15) is 0 Å². The van der Waals surface area contributed by atoms with Crippen LogP contribution >= 0.6 is 0 Å². The number of hydrogen-bond donors (Lipinski definition) is 10. The van der Waals surface area contributed by atoms with Gasteiger partial charge < -0.3 is 56.8 Å². The molecule has 2 heterocycles. The molecule has 0 aromatic rings. The van der Waals surface area contributed by atoms with Crippen molar-refractivity contribution in [3.63, 3.8) is 0 Å². The van der Waals surface area contributed by atoms with Gasteiger partial charge >= 0.3 is 0 Å². The van der Waals surface area contributed by atoms with E-state index in [-0.39, 0.29) is 67.8 Å². The van der Waals surface area contributed by atoms with Crippen LogP contribution in [-0.2, 0) is 9.53 Å². The maximum Gasteiger partial charge on any atom is 0.182 e. The summed E-state index contributed by atoms with van der Waals surface area (Å²) in [5, 5.41) is 86.3. The summed E-state index contributed by atoms with van der Waals surface area (Å²) in [5.41, 5.74) is 4.12. The molecule has 52 heavy (non-hydrogen) atoms. The summed E-state index contributed by atoms with van der Waals surface area (Å²) in [6.45, 7) is 10.00. The highest BCUT2D eigenvalue weighted by Crippen LogP contribution is 2.70. The standard InChI is InChI=1S/C40H65N3O9/c1-21-20-52-35(23(21)3)36(49)38(5,50)30-12-15-40(51)32-25(11-13-37(30,40)4)39(14-10-24-8-9-31(41)43-27(24)7-6-16-44)18-29(47)28(46)17-26(39)34(48)33(32)42-19-22(2)45/h8-9,21-23,25-26,28-31,35-36,42-47,49-51H,6-7,10-20,41H2,1-5H3/t21-,22+,23+,25+,26+,28-,29+,30+,31?,35-,36-,37-,38-,39-,40-/m1/s1. The summed E-state index contributed by atoms with van der Waals surface area (Å²) < 4.78 is 6.02. The lowest BCUT2D eigenvalue weighted by Gasteiger charge is -2.62. The molecule has 2 aliphatic heterocycles. The summed E-state index contributed by atoms with van der Waals surface area (Å²) in [4.78, 5) is 15.0. The third-order valence-electron chi connectivity index (χ3n) is 14.8. The Morgan fingerprint density at radius 2 is 1.87 bits per heavy atom. The third-order valence-corrected chi connectivity index (χ3v) is 14.8. The van der Waals surface area contributed by atoms with Crippen LogP contribution in [0.15, 0.2) is 34.7 Å². The molecule has 6 aliphatic rings. The van der Waals surface area contributed by atoms with Gasteiger partial charge in [-0.3, -0.25) is 4.79 Å². The average molecular weight is 732 g/mol. The summed E-state index contributed by atoms with van der Waals surface area (Å²) >= 11 is 0. The van der Waals surface area contributed by atoms with Gasteiger partial charge in [0, 0.05) is 36.8 Å². The zero-order valence-electron chi connectivity index (χ0n) is 31.7. The number of carbonyl (C=O) groups is 1. The van der Waals surface area contributed by atoms with Gasteiger partial charge in [0.2, 0.25) is 0 Å².